The van der Waals surface area contributed by atoms with Crippen molar-refractivity contribution < 1.29 is 9.84 Å². The molecule has 1 aromatic carbocycles. The maximum Gasteiger partial charge on any atom is 0.130 e. The van der Waals surface area contributed by atoms with Crippen LogP contribution in [0.5, 0.6) is 0 Å². The van der Waals surface area contributed by atoms with E-state index < -0.39 is 0 Å². The number of hydrogen-bond donors (Lipinski definition) is 1. The van der Waals surface area contributed by atoms with Crippen LogP contribution in [0.3, 0.4) is 0 Å². The highest BCUT2D eigenvalue weighted by molar-refractivity contribution is 6.31. The highest BCUT2D eigenvalue weighted by Crippen LogP contribution is 2.25. The largest absolute Gasteiger partial charge is 0.395 e. The van der Waals surface area contributed by atoms with Gasteiger partial charge in [0.15, 0.2) is 0 Å². The number of fused-ring (bicyclic) bond motifs is 1. The van der Waals surface area contributed by atoms with Gasteiger partial charge < -0.3 is 14.7 Å². The Bertz CT molecular complexity index is 670. The van der Waals surface area contributed by atoms with E-state index in [1.807, 2.05) is 4.90 Å². The molecule has 0 spiro atoms. The van der Waals surface area contributed by atoms with Crippen LogP contribution in [0.4, 0.5) is 5.82 Å². The molecule has 2 aromatic rings. The van der Waals surface area contributed by atoms with Crippen LogP contribution in [0, 0.1) is 11.3 Å². The lowest BCUT2D eigenvalue weighted by Crippen LogP contribution is -2.31. The normalized spacial score (nSPS) is 10.6. The number of nitriles is 1. The smallest absolute Gasteiger partial charge is 0.130 e. The van der Waals surface area contributed by atoms with Crippen molar-refractivity contribution in [3.63, 3.8) is 0 Å². The lowest BCUT2D eigenvalue weighted by molar-refractivity contribution is 0.202. The minimum absolute atomic E-state index is 0.00589. The van der Waals surface area contributed by atoms with E-state index in [2.05, 4.69) is 11.1 Å². The molecule has 0 aliphatic carbocycles. The van der Waals surface area contributed by atoms with Gasteiger partial charge in [-0.15, -0.1) is 0 Å². The molecule has 0 radical (unpaired) electrons. The SMILES string of the molecule is COCCN(CCO)c1cc(C#N)c2cc(Cl)ccc2n1. The second kappa shape index (κ2) is 7.23. The van der Waals surface area contributed by atoms with E-state index in [9.17, 15) is 10.4 Å². The number of nitrogens with zero attached hydrogens (tertiary/aromatic N) is 3. The van der Waals surface area contributed by atoms with Crippen molar-refractivity contribution in [2.45, 2.75) is 0 Å². The standard InChI is InChI=1S/C15H16ClN3O2/c1-21-7-5-19(4-6-20)15-8-11(10-17)13-9-12(16)2-3-14(13)18-15/h2-3,8-9,20H,4-7H2,1H3. The summed E-state index contributed by atoms with van der Waals surface area (Å²) in [6.07, 6.45) is 0. The van der Waals surface area contributed by atoms with E-state index in [0.29, 0.717) is 41.6 Å². The van der Waals surface area contributed by atoms with Crippen molar-refractivity contribution in [2.24, 2.45) is 0 Å². The first kappa shape index (κ1) is 15.5. The van der Waals surface area contributed by atoms with Gasteiger partial charge in [0.05, 0.1) is 30.4 Å². The van der Waals surface area contributed by atoms with Crippen LogP contribution in [0.1, 0.15) is 5.56 Å². The number of methoxy groups -OCH3 is 1. The molecule has 2 rings (SSSR count). The third-order valence-electron chi connectivity index (χ3n) is 3.14. The number of pyridine rings is 1. The molecule has 6 heteroatoms. The average molecular weight is 306 g/mol. The van der Waals surface area contributed by atoms with E-state index in [4.69, 9.17) is 16.3 Å². The highest BCUT2D eigenvalue weighted by atomic mass is 35.5. The number of aliphatic hydroxyl groups is 1. The maximum absolute atomic E-state index is 9.33. The van der Waals surface area contributed by atoms with Crippen LogP contribution < -0.4 is 4.90 Å². The summed E-state index contributed by atoms with van der Waals surface area (Å²) in [5.41, 5.74) is 1.21. The van der Waals surface area contributed by atoms with Gasteiger partial charge in [-0.05, 0) is 24.3 Å². The number of halogens is 1. The van der Waals surface area contributed by atoms with Gasteiger partial charge in [-0.2, -0.15) is 5.26 Å². The van der Waals surface area contributed by atoms with Gasteiger partial charge in [0.1, 0.15) is 5.82 Å². The van der Waals surface area contributed by atoms with E-state index in [-0.39, 0.29) is 6.61 Å². The van der Waals surface area contributed by atoms with Gasteiger partial charge >= 0.3 is 0 Å². The number of aromatic nitrogens is 1. The molecule has 110 valence electrons. The third kappa shape index (κ3) is 3.61. The van der Waals surface area contributed by atoms with Crippen molar-refractivity contribution in [1.82, 2.24) is 4.98 Å². The number of benzene rings is 1. The molecule has 0 bridgehead atoms. The molecule has 1 heterocycles. The molecular weight excluding hydrogens is 290 g/mol. The second-order valence-electron chi connectivity index (χ2n) is 4.50. The topological polar surface area (TPSA) is 69.4 Å². The first-order chi connectivity index (χ1) is 10.2. The van der Waals surface area contributed by atoms with Crippen molar-refractivity contribution in [2.75, 3.05) is 38.3 Å². The maximum atomic E-state index is 9.33. The molecule has 0 aliphatic rings. The van der Waals surface area contributed by atoms with E-state index in [0.717, 1.165) is 5.39 Å². The first-order valence-electron chi connectivity index (χ1n) is 6.54. The lowest BCUT2D eigenvalue weighted by atomic mass is 10.1. The Morgan fingerprint density at radius 1 is 1.38 bits per heavy atom. The van der Waals surface area contributed by atoms with Gasteiger partial charge in [0, 0.05) is 30.6 Å². The molecule has 0 saturated heterocycles. The van der Waals surface area contributed by atoms with Crippen LogP contribution in [-0.4, -0.2) is 43.5 Å². The third-order valence-corrected chi connectivity index (χ3v) is 3.37. The van der Waals surface area contributed by atoms with Gasteiger partial charge in [-0.1, -0.05) is 11.6 Å². The molecule has 1 aromatic heterocycles. The van der Waals surface area contributed by atoms with Crippen LogP contribution in [0.2, 0.25) is 5.02 Å². The second-order valence-corrected chi connectivity index (χ2v) is 4.94. The van der Waals surface area contributed by atoms with E-state index in [1.54, 1.807) is 31.4 Å². The van der Waals surface area contributed by atoms with Crippen molar-refractivity contribution in [3.8, 4) is 6.07 Å². The number of aliphatic hydroxyl groups excluding tert-OH is 1. The van der Waals surface area contributed by atoms with Gasteiger partial charge in [-0.3, -0.25) is 0 Å². The summed E-state index contributed by atoms with van der Waals surface area (Å²) in [6.45, 7) is 1.54. The summed E-state index contributed by atoms with van der Waals surface area (Å²) in [6, 6.07) is 9.15. The molecule has 1 N–H and O–H groups in total. The molecule has 0 unspecified atom stereocenters. The summed E-state index contributed by atoms with van der Waals surface area (Å²) in [5.74, 6) is 0.646. The number of anilines is 1. The van der Waals surface area contributed by atoms with Gasteiger partial charge in [0.2, 0.25) is 0 Å². The number of rotatable bonds is 6. The lowest BCUT2D eigenvalue weighted by Gasteiger charge is -2.23. The fraction of sp³-hybridized carbons (Fsp3) is 0.333. The molecule has 0 amide bonds. The molecule has 0 atom stereocenters. The minimum Gasteiger partial charge on any atom is -0.395 e. The highest BCUT2D eigenvalue weighted by Gasteiger charge is 2.12. The molecule has 0 saturated carbocycles. The number of ether oxygens (including phenoxy) is 1. The summed E-state index contributed by atoms with van der Waals surface area (Å²) in [4.78, 5) is 6.43. The molecule has 0 fully saturated rings. The van der Waals surface area contributed by atoms with Gasteiger partial charge in [0.25, 0.3) is 0 Å². The van der Waals surface area contributed by atoms with E-state index >= 15 is 0 Å². The Balaban J connectivity index is 2.48. The van der Waals surface area contributed by atoms with Crippen LogP contribution in [-0.2, 0) is 4.74 Å². The summed E-state index contributed by atoms with van der Waals surface area (Å²) in [5, 5.41) is 19.8. The van der Waals surface area contributed by atoms with Gasteiger partial charge in [-0.25, -0.2) is 4.98 Å². The summed E-state index contributed by atoms with van der Waals surface area (Å²) < 4.78 is 5.07. The Labute approximate surface area is 128 Å². The molecule has 5 nitrogen and oxygen atoms in total. The van der Waals surface area contributed by atoms with Crippen LogP contribution in [0.15, 0.2) is 24.3 Å². The Kier molecular flexibility index (Phi) is 5.34. The van der Waals surface area contributed by atoms with E-state index in [1.165, 1.54) is 0 Å². The minimum atomic E-state index is 0.00589. The predicted molar refractivity (Wildman–Crippen MR) is 82.6 cm³/mol. The fourth-order valence-corrected chi connectivity index (χ4v) is 2.27. The molecule has 0 aliphatic heterocycles. The van der Waals surface area contributed by atoms with Crippen LogP contribution in [0.25, 0.3) is 10.9 Å². The quantitative estimate of drug-likeness (QED) is 0.886. The average Bonchev–Trinajstić information content (AvgIpc) is 2.50. The zero-order chi connectivity index (χ0) is 15.2. The van der Waals surface area contributed by atoms with Crippen molar-refractivity contribution in [3.05, 3.63) is 34.9 Å². The Morgan fingerprint density at radius 2 is 2.19 bits per heavy atom. The summed E-state index contributed by atoms with van der Waals surface area (Å²) in [7, 11) is 1.62. The predicted octanol–water partition coefficient (Wildman–Crippen LogP) is 2.20. The number of hydrogen-bond acceptors (Lipinski definition) is 5. The summed E-state index contributed by atoms with van der Waals surface area (Å²) >= 11 is 5.97. The van der Waals surface area contributed by atoms with Crippen molar-refractivity contribution >= 4 is 28.3 Å². The molecular formula is C15H16ClN3O2. The monoisotopic (exact) mass is 305 g/mol. The zero-order valence-corrected chi connectivity index (χ0v) is 12.5. The Hall–Kier alpha value is -1.87. The first-order valence-corrected chi connectivity index (χ1v) is 6.92. The van der Waals surface area contributed by atoms with Crippen molar-refractivity contribution in [1.29, 1.82) is 5.26 Å². The zero-order valence-electron chi connectivity index (χ0n) is 11.7. The van der Waals surface area contributed by atoms with Crippen LogP contribution >= 0.6 is 11.6 Å². The molecule has 21 heavy (non-hydrogen) atoms. The fourth-order valence-electron chi connectivity index (χ4n) is 2.10. The Morgan fingerprint density at radius 3 is 2.86 bits per heavy atom.